The van der Waals surface area contributed by atoms with E-state index in [0.717, 1.165) is 38.6 Å². The van der Waals surface area contributed by atoms with Crippen LogP contribution in [0.2, 0.25) is 0 Å². The van der Waals surface area contributed by atoms with Crippen molar-refractivity contribution >= 4 is 32.6 Å². The zero-order valence-electron chi connectivity index (χ0n) is 23.8. The van der Waals surface area contributed by atoms with Gasteiger partial charge in [0.15, 0.2) is 0 Å². The molecule has 0 atom stereocenters. The number of benzene rings is 7. The number of nitrogens with zero attached hydrogens (tertiary/aromatic N) is 2. The van der Waals surface area contributed by atoms with E-state index in [9.17, 15) is 0 Å². The highest BCUT2D eigenvalue weighted by Crippen LogP contribution is 2.35. The van der Waals surface area contributed by atoms with Crippen molar-refractivity contribution < 1.29 is 0 Å². The van der Waals surface area contributed by atoms with Gasteiger partial charge in [-0.3, -0.25) is 4.98 Å². The minimum atomic E-state index is 0.872. The van der Waals surface area contributed by atoms with Gasteiger partial charge in [-0.2, -0.15) is 0 Å². The maximum Gasteiger partial charge on any atom is 0.0979 e. The van der Waals surface area contributed by atoms with Crippen molar-refractivity contribution in [2.75, 3.05) is 0 Å². The Morgan fingerprint density at radius 3 is 1.33 bits per heavy atom. The van der Waals surface area contributed by atoms with E-state index in [-0.39, 0.29) is 0 Å². The number of hydrogen-bond donors (Lipinski definition) is 0. The van der Waals surface area contributed by atoms with Crippen LogP contribution in [-0.2, 0) is 0 Å². The molecular formula is C41H28N2. The molecule has 0 amide bonds. The second-order valence-corrected chi connectivity index (χ2v) is 11.2. The molecule has 1 heterocycles. The predicted octanol–water partition coefficient (Wildman–Crippen LogP) is 10.9. The number of aromatic nitrogens is 2. The molecule has 0 saturated heterocycles. The first-order valence-electron chi connectivity index (χ1n) is 14.7. The van der Waals surface area contributed by atoms with E-state index in [1.54, 1.807) is 0 Å². The van der Waals surface area contributed by atoms with Crippen LogP contribution in [0.15, 0.2) is 152 Å². The van der Waals surface area contributed by atoms with Crippen LogP contribution < -0.4 is 0 Å². The molecule has 202 valence electrons. The van der Waals surface area contributed by atoms with Crippen molar-refractivity contribution in [3.63, 3.8) is 0 Å². The van der Waals surface area contributed by atoms with Crippen LogP contribution in [0, 0.1) is 6.92 Å². The highest BCUT2D eigenvalue weighted by molar-refractivity contribution is 6.23. The Balaban J connectivity index is 1.20. The van der Waals surface area contributed by atoms with Gasteiger partial charge in [0.05, 0.1) is 22.9 Å². The van der Waals surface area contributed by atoms with Crippen LogP contribution in [0.1, 0.15) is 5.56 Å². The van der Waals surface area contributed by atoms with Crippen LogP contribution >= 0.6 is 0 Å². The van der Waals surface area contributed by atoms with E-state index >= 15 is 0 Å². The zero-order valence-corrected chi connectivity index (χ0v) is 23.8. The monoisotopic (exact) mass is 548 g/mol. The maximum absolute atomic E-state index is 5.21. The van der Waals surface area contributed by atoms with Crippen LogP contribution in [0.25, 0.3) is 77.2 Å². The van der Waals surface area contributed by atoms with E-state index in [2.05, 4.69) is 153 Å². The van der Waals surface area contributed by atoms with Crippen molar-refractivity contribution in [2.24, 2.45) is 0 Å². The smallest absolute Gasteiger partial charge is 0.0979 e. The van der Waals surface area contributed by atoms with Gasteiger partial charge in [-0.15, -0.1) is 0 Å². The van der Waals surface area contributed by atoms with Gasteiger partial charge < -0.3 is 0 Å². The van der Waals surface area contributed by atoms with Crippen LogP contribution in [0.4, 0.5) is 0 Å². The highest BCUT2D eigenvalue weighted by atomic mass is 14.8. The molecule has 0 aliphatic heterocycles. The van der Waals surface area contributed by atoms with Gasteiger partial charge in [0.2, 0.25) is 0 Å². The van der Waals surface area contributed by atoms with Gasteiger partial charge in [0.25, 0.3) is 0 Å². The molecule has 8 aromatic rings. The minimum absolute atomic E-state index is 0.872. The summed E-state index contributed by atoms with van der Waals surface area (Å²) in [6.07, 6.45) is 1.91. The molecule has 0 aliphatic rings. The number of aryl methyl sites for hydroxylation is 1. The molecule has 7 aromatic carbocycles. The van der Waals surface area contributed by atoms with E-state index in [4.69, 9.17) is 9.97 Å². The van der Waals surface area contributed by atoms with E-state index < -0.39 is 0 Å². The van der Waals surface area contributed by atoms with E-state index in [1.807, 2.05) is 6.20 Å². The lowest BCUT2D eigenvalue weighted by molar-refractivity contribution is 1.31. The highest BCUT2D eigenvalue weighted by Gasteiger charge is 2.13. The molecule has 8 rings (SSSR count). The number of fused-ring (bicyclic) bond motifs is 6. The van der Waals surface area contributed by atoms with Gasteiger partial charge in [-0.05, 0) is 69.3 Å². The molecule has 2 nitrogen and oxygen atoms in total. The lowest BCUT2D eigenvalue weighted by Gasteiger charge is -2.11. The molecule has 0 spiro atoms. The standard InChI is InChI=1S/C41H28N2/c1-27-10-6-11-28(22-27)29-12-7-13-30(23-29)31-14-8-15-32(24-31)33-16-9-17-34(25-33)39-26-42-40-37-20-4-2-18-35(37)36-19-3-5-21-38(36)41(40)43-39/h2-26H,1H3. The summed E-state index contributed by atoms with van der Waals surface area (Å²) in [7, 11) is 0. The molecule has 0 fully saturated rings. The van der Waals surface area contributed by atoms with Crippen LogP contribution in [-0.4, -0.2) is 9.97 Å². The summed E-state index contributed by atoms with van der Waals surface area (Å²) in [4.78, 5) is 10.2. The van der Waals surface area contributed by atoms with Crippen molar-refractivity contribution in [3.05, 3.63) is 157 Å². The maximum atomic E-state index is 5.21. The van der Waals surface area contributed by atoms with Gasteiger partial charge >= 0.3 is 0 Å². The normalized spacial score (nSPS) is 11.4. The zero-order chi connectivity index (χ0) is 28.8. The molecule has 0 bridgehead atoms. The van der Waals surface area contributed by atoms with E-state index in [0.29, 0.717) is 0 Å². The molecule has 2 heteroatoms. The first-order valence-corrected chi connectivity index (χ1v) is 14.7. The topological polar surface area (TPSA) is 25.8 Å². The third-order valence-electron chi connectivity index (χ3n) is 8.33. The molecule has 1 aromatic heterocycles. The van der Waals surface area contributed by atoms with Crippen molar-refractivity contribution in [3.8, 4) is 44.6 Å². The molecule has 0 aliphatic carbocycles. The third-order valence-corrected chi connectivity index (χ3v) is 8.33. The average Bonchev–Trinajstić information content (AvgIpc) is 3.08. The minimum Gasteiger partial charge on any atom is -0.252 e. The van der Waals surface area contributed by atoms with Crippen molar-refractivity contribution in [1.82, 2.24) is 9.97 Å². The molecule has 0 saturated carbocycles. The summed E-state index contributed by atoms with van der Waals surface area (Å²) >= 11 is 0. The van der Waals surface area contributed by atoms with Crippen LogP contribution in [0.5, 0.6) is 0 Å². The third kappa shape index (κ3) is 4.54. The van der Waals surface area contributed by atoms with Gasteiger partial charge in [-0.1, -0.05) is 133 Å². The van der Waals surface area contributed by atoms with Crippen molar-refractivity contribution in [2.45, 2.75) is 6.92 Å². The van der Waals surface area contributed by atoms with Crippen molar-refractivity contribution in [1.29, 1.82) is 0 Å². The largest absolute Gasteiger partial charge is 0.252 e. The fraction of sp³-hybridized carbons (Fsp3) is 0.0244. The lowest BCUT2D eigenvalue weighted by atomic mass is 9.95. The summed E-state index contributed by atoms with van der Waals surface area (Å²) < 4.78 is 0. The van der Waals surface area contributed by atoms with Crippen LogP contribution in [0.3, 0.4) is 0 Å². The fourth-order valence-electron chi connectivity index (χ4n) is 6.20. The molecule has 0 unspecified atom stereocenters. The summed E-state index contributed by atoms with van der Waals surface area (Å²) in [6.45, 7) is 2.14. The Labute approximate surface area is 251 Å². The Kier molecular flexibility index (Phi) is 6.05. The van der Waals surface area contributed by atoms with E-state index in [1.165, 1.54) is 44.2 Å². The Morgan fingerprint density at radius 1 is 0.372 bits per heavy atom. The van der Waals surface area contributed by atoms with Gasteiger partial charge in [0, 0.05) is 16.3 Å². The summed E-state index contributed by atoms with van der Waals surface area (Å²) in [5.41, 5.74) is 12.3. The molecular weight excluding hydrogens is 520 g/mol. The summed E-state index contributed by atoms with van der Waals surface area (Å²) in [6, 6.07) is 51.9. The Morgan fingerprint density at radius 2 is 0.791 bits per heavy atom. The second-order valence-electron chi connectivity index (χ2n) is 11.2. The first-order chi connectivity index (χ1) is 21.2. The number of rotatable bonds is 4. The molecule has 0 radical (unpaired) electrons. The fourth-order valence-corrected chi connectivity index (χ4v) is 6.20. The second kappa shape index (κ2) is 10.3. The Bertz CT molecular complexity index is 2280. The summed E-state index contributed by atoms with van der Waals surface area (Å²) in [5.74, 6) is 0. The first kappa shape index (κ1) is 25.1. The lowest BCUT2D eigenvalue weighted by Crippen LogP contribution is -1.92. The van der Waals surface area contributed by atoms with Gasteiger partial charge in [-0.25, -0.2) is 4.98 Å². The van der Waals surface area contributed by atoms with Gasteiger partial charge in [0.1, 0.15) is 0 Å². The number of hydrogen-bond acceptors (Lipinski definition) is 2. The quantitative estimate of drug-likeness (QED) is 0.204. The predicted molar refractivity (Wildman–Crippen MR) is 181 cm³/mol. The Hall–Kier alpha value is -5.60. The average molecular weight is 549 g/mol. The SMILES string of the molecule is Cc1cccc(-c2cccc(-c3cccc(-c4cccc(-c5cnc6c7ccccc7c7ccccc7c6n5)c4)c3)c2)c1. The molecule has 43 heavy (non-hydrogen) atoms. The summed E-state index contributed by atoms with van der Waals surface area (Å²) in [5, 5.41) is 4.67. The molecule has 0 N–H and O–H groups in total.